The summed E-state index contributed by atoms with van der Waals surface area (Å²) in [6.07, 6.45) is 1.80. The third kappa shape index (κ3) is 1.56. The van der Waals surface area contributed by atoms with Crippen molar-refractivity contribution >= 4 is 11.8 Å². The van der Waals surface area contributed by atoms with Crippen LogP contribution in [0.15, 0.2) is 24.3 Å². The highest BCUT2D eigenvalue weighted by molar-refractivity contribution is 6.10. The summed E-state index contributed by atoms with van der Waals surface area (Å²) < 4.78 is 0. The maximum Gasteiger partial charge on any atom is 0.261 e. The number of benzene rings is 1. The lowest BCUT2D eigenvalue weighted by atomic mass is 9.84. The van der Waals surface area contributed by atoms with Crippen molar-refractivity contribution in [1.29, 1.82) is 0 Å². The van der Waals surface area contributed by atoms with Crippen molar-refractivity contribution in [3.8, 4) is 0 Å². The molecule has 4 nitrogen and oxygen atoms in total. The number of rotatable bonds is 1. The lowest BCUT2D eigenvalue weighted by Gasteiger charge is -2.41. The van der Waals surface area contributed by atoms with Crippen LogP contribution >= 0.6 is 0 Å². The molecule has 1 aliphatic carbocycles. The smallest absolute Gasteiger partial charge is 0.261 e. The summed E-state index contributed by atoms with van der Waals surface area (Å²) in [4.78, 5) is 25.6. The molecule has 2 N–H and O–H groups in total. The summed E-state index contributed by atoms with van der Waals surface area (Å²) in [7, 11) is 0. The van der Waals surface area contributed by atoms with E-state index < -0.39 is 0 Å². The van der Waals surface area contributed by atoms with Crippen molar-refractivity contribution in [3.05, 3.63) is 35.4 Å². The standard InChI is InChI=1S/C13H14N2O2/c14-9-6-10(7-9)15-12(16)5-8-3-1-2-4-11(8)13(15)17/h1-4,9-10H,5-7,14H2. The number of nitrogens with two attached hydrogens (primary N) is 1. The molecule has 0 unspecified atom stereocenters. The zero-order valence-corrected chi connectivity index (χ0v) is 9.43. The van der Waals surface area contributed by atoms with Crippen LogP contribution in [0.5, 0.6) is 0 Å². The van der Waals surface area contributed by atoms with Crippen molar-refractivity contribution in [2.45, 2.75) is 31.3 Å². The van der Waals surface area contributed by atoms with Crippen LogP contribution in [0.4, 0.5) is 0 Å². The molecular weight excluding hydrogens is 216 g/mol. The number of imide groups is 1. The third-order valence-corrected chi connectivity index (χ3v) is 3.59. The molecule has 1 aromatic carbocycles. The van der Waals surface area contributed by atoms with E-state index in [1.807, 2.05) is 18.2 Å². The molecule has 2 aliphatic rings. The van der Waals surface area contributed by atoms with Gasteiger partial charge in [0.2, 0.25) is 5.91 Å². The quantitative estimate of drug-likeness (QED) is 0.722. The molecule has 0 radical (unpaired) electrons. The molecule has 1 saturated carbocycles. The van der Waals surface area contributed by atoms with Crippen LogP contribution in [0.1, 0.15) is 28.8 Å². The predicted molar refractivity (Wildman–Crippen MR) is 62.3 cm³/mol. The van der Waals surface area contributed by atoms with E-state index in [2.05, 4.69) is 0 Å². The molecule has 3 rings (SSSR count). The van der Waals surface area contributed by atoms with Gasteiger partial charge < -0.3 is 5.73 Å². The lowest BCUT2D eigenvalue weighted by molar-refractivity contribution is -0.131. The van der Waals surface area contributed by atoms with Gasteiger partial charge in [-0.3, -0.25) is 14.5 Å². The summed E-state index contributed by atoms with van der Waals surface area (Å²) in [5.74, 6) is -0.251. The van der Waals surface area contributed by atoms with Gasteiger partial charge in [-0.2, -0.15) is 0 Å². The largest absolute Gasteiger partial charge is 0.328 e. The fourth-order valence-electron chi connectivity index (χ4n) is 2.58. The van der Waals surface area contributed by atoms with Gasteiger partial charge >= 0.3 is 0 Å². The first kappa shape index (κ1) is 10.5. The normalized spacial score (nSPS) is 27.7. The van der Waals surface area contributed by atoms with Crippen LogP contribution in [0, 0.1) is 0 Å². The molecule has 0 saturated heterocycles. The van der Waals surface area contributed by atoms with E-state index in [0.717, 1.165) is 18.4 Å². The van der Waals surface area contributed by atoms with E-state index in [-0.39, 0.29) is 23.9 Å². The highest BCUT2D eigenvalue weighted by Crippen LogP contribution is 2.29. The number of hydrogen-bond acceptors (Lipinski definition) is 3. The van der Waals surface area contributed by atoms with E-state index >= 15 is 0 Å². The summed E-state index contributed by atoms with van der Waals surface area (Å²) in [5.41, 5.74) is 7.21. The Hall–Kier alpha value is -1.68. The van der Waals surface area contributed by atoms with Gasteiger partial charge in [0.05, 0.1) is 6.42 Å². The Kier molecular flexibility index (Phi) is 2.26. The topological polar surface area (TPSA) is 63.4 Å². The van der Waals surface area contributed by atoms with Crippen molar-refractivity contribution in [2.24, 2.45) is 5.73 Å². The van der Waals surface area contributed by atoms with Crippen molar-refractivity contribution < 1.29 is 9.59 Å². The van der Waals surface area contributed by atoms with Crippen molar-refractivity contribution in [1.82, 2.24) is 4.90 Å². The number of fused-ring (bicyclic) bond motifs is 1. The molecule has 1 aromatic rings. The van der Waals surface area contributed by atoms with Crippen molar-refractivity contribution in [3.63, 3.8) is 0 Å². The van der Waals surface area contributed by atoms with Crippen LogP contribution in [0.3, 0.4) is 0 Å². The molecular formula is C13H14N2O2. The third-order valence-electron chi connectivity index (χ3n) is 3.59. The number of carbonyl (C=O) groups excluding carboxylic acids is 2. The second kappa shape index (κ2) is 3.67. The Morgan fingerprint density at radius 3 is 2.59 bits per heavy atom. The SMILES string of the molecule is NC1CC(N2C(=O)Cc3ccccc3C2=O)C1. The molecule has 17 heavy (non-hydrogen) atoms. The fourth-order valence-corrected chi connectivity index (χ4v) is 2.58. The van der Waals surface area contributed by atoms with Crippen LogP contribution in [-0.2, 0) is 11.2 Å². The van der Waals surface area contributed by atoms with Crippen LogP contribution in [0.25, 0.3) is 0 Å². The van der Waals surface area contributed by atoms with Gasteiger partial charge in [0.25, 0.3) is 5.91 Å². The fraction of sp³-hybridized carbons (Fsp3) is 0.385. The van der Waals surface area contributed by atoms with E-state index in [9.17, 15) is 9.59 Å². The maximum atomic E-state index is 12.2. The predicted octanol–water partition coefficient (Wildman–Crippen LogP) is 0.701. The Labute approximate surface area is 99.4 Å². The van der Waals surface area contributed by atoms with Gasteiger partial charge in [-0.25, -0.2) is 0 Å². The van der Waals surface area contributed by atoms with E-state index in [1.165, 1.54) is 4.90 Å². The summed E-state index contributed by atoms with van der Waals surface area (Å²) in [6, 6.07) is 7.46. The molecule has 0 aromatic heterocycles. The molecule has 0 spiro atoms. The Morgan fingerprint density at radius 1 is 1.18 bits per heavy atom. The van der Waals surface area contributed by atoms with E-state index in [1.54, 1.807) is 6.07 Å². The molecule has 1 aliphatic heterocycles. The van der Waals surface area contributed by atoms with Crippen LogP contribution in [-0.4, -0.2) is 28.8 Å². The average molecular weight is 230 g/mol. The minimum atomic E-state index is -0.159. The minimum Gasteiger partial charge on any atom is -0.328 e. The molecule has 0 atom stereocenters. The van der Waals surface area contributed by atoms with Gasteiger partial charge in [-0.1, -0.05) is 18.2 Å². The van der Waals surface area contributed by atoms with E-state index in [0.29, 0.717) is 12.0 Å². The summed E-state index contributed by atoms with van der Waals surface area (Å²) >= 11 is 0. The monoisotopic (exact) mass is 230 g/mol. The first-order chi connectivity index (χ1) is 8.16. The Bertz CT molecular complexity index is 492. The minimum absolute atomic E-state index is 0.0124. The zero-order chi connectivity index (χ0) is 12.0. The Morgan fingerprint density at radius 2 is 1.88 bits per heavy atom. The first-order valence-corrected chi connectivity index (χ1v) is 5.86. The molecule has 4 heteroatoms. The average Bonchev–Trinajstić information content (AvgIpc) is 2.26. The van der Waals surface area contributed by atoms with Crippen LogP contribution in [0.2, 0.25) is 0 Å². The van der Waals surface area contributed by atoms with Crippen LogP contribution < -0.4 is 5.73 Å². The van der Waals surface area contributed by atoms with Gasteiger partial charge in [0.1, 0.15) is 0 Å². The zero-order valence-electron chi connectivity index (χ0n) is 9.43. The first-order valence-electron chi connectivity index (χ1n) is 5.86. The summed E-state index contributed by atoms with van der Waals surface area (Å²) in [6.45, 7) is 0. The van der Waals surface area contributed by atoms with Gasteiger partial charge in [-0.15, -0.1) is 0 Å². The highest BCUT2D eigenvalue weighted by Gasteiger charge is 2.40. The second-order valence-electron chi connectivity index (χ2n) is 4.79. The van der Waals surface area contributed by atoms with Gasteiger partial charge in [0.15, 0.2) is 0 Å². The Balaban J connectivity index is 1.93. The number of nitrogens with zero attached hydrogens (tertiary/aromatic N) is 1. The lowest BCUT2D eigenvalue weighted by Crippen LogP contribution is -2.56. The van der Waals surface area contributed by atoms with Gasteiger partial charge in [0, 0.05) is 17.6 Å². The second-order valence-corrected chi connectivity index (χ2v) is 4.79. The van der Waals surface area contributed by atoms with Crippen molar-refractivity contribution in [2.75, 3.05) is 0 Å². The molecule has 1 fully saturated rings. The van der Waals surface area contributed by atoms with E-state index in [4.69, 9.17) is 5.73 Å². The number of hydrogen-bond donors (Lipinski definition) is 1. The maximum absolute atomic E-state index is 12.2. The summed E-state index contributed by atoms with van der Waals surface area (Å²) in [5, 5.41) is 0. The molecule has 2 amide bonds. The molecule has 88 valence electrons. The highest BCUT2D eigenvalue weighted by atomic mass is 16.2. The molecule has 1 heterocycles. The van der Waals surface area contributed by atoms with Gasteiger partial charge in [-0.05, 0) is 24.5 Å². The molecule has 0 bridgehead atoms. The number of carbonyl (C=O) groups is 2. The number of amides is 2.